The number of nitrogens with two attached hydrogens (primary N) is 1. The molecule has 0 aliphatic rings. The highest BCUT2D eigenvalue weighted by atomic mass is 16.4. The van der Waals surface area contributed by atoms with Gasteiger partial charge in [-0.2, -0.15) is 0 Å². The van der Waals surface area contributed by atoms with E-state index >= 15 is 0 Å². The Balaban J connectivity index is 2.19. The second kappa shape index (κ2) is 3.98. The lowest BCUT2D eigenvalue weighted by molar-refractivity contribution is 0.361. The smallest absolute Gasteiger partial charge is 0.257 e. The van der Waals surface area contributed by atoms with Crippen molar-refractivity contribution in [1.29, 1.82) is 0 Å². The first kappa shape index (κ1) is 4.98. The van der Waals surface area contributed by atoms with E-state index in [1.807, 2.05) is 0 Å². The lowest BCUT2D eigenvalue weighted by atomic mass is 10.5. The minimum absolute atomic E-state index is 0.622. The van der Waals surface area contributed by atoms with Gasteiger partial charge in [0.2, 0.25) is 0 Å². The molecule has 0 unspecified atom stereocenters. The SMILES string of the molecule is BOCCN. The molecule has 0 heterocycles. The Morgan fingerprint density at radius 2 is 2.40 bits per heavy atom. The van der Waals surface area contributed by atoms with Gasteiger partial charge in [-0.3, -0.25) is 0 Å². The first-order chi connectivity index (χ1) is 2.41. The van der Waals surface area contributed by atoms with Crippen LogP contribution in [0.1, 0.15) is 0 Å². The Bertz CT molecular complexity index is 17.1. The fourth-order valence-corrected chi connectivity index (χ4v) is 0.118. The molecule has 0 aromatic carbocycles. The minimum atomic E-state index is 0.622. The third-order valence-corrected chi connectivity index (χ3v) is 0.322. The lowest BCUT2D eigenvalue weighted by Crippen LogP contribution is -2.05. The second-order valence-corrected chi connectivity index (χ2v) is 0.781. The Morgan fingerprint density at radius 1 is 1.80 bits per heavy atom. The van der Waals surface area contributed by atoms with Crippen LogP contribution in [0.25, 0.3) is 0 Å². The molecule has 0 radical (unpaired) electrons. The molecule has 0 aromatic heterocycles. The zero-order valence-corrected chi connectivity index (χ0v) is 3.40. The van der Waals surface area contributed by atoms with Crippen LogP contribution in [0.3, 0.4) is 0 Å². The first-order valence-electron chi connectivity index (χ1n) is 1.61. The van der Waals surface area contributed by atoms with Gasteiger partial charge in [0, 0.05) is 13.2 Å². The monoisotopic (exact) mass is 73.1 g/mol. The van der Waals surface area contributed by atoms with E-state index in [9.17, 15) is 0 Å². The van der Waals surface area contributed by atoms with E-state index in [-0.39, 0.29) is 0 Å². The Morgan fingerprint density at radius 3 is 2.40 bits per heavy atom. The minimum Gasteiger partial charge on any atom is -0.443 e. The summed E-state index contributed by atoms with van der Waals surface area (Å²) in [4.78, 5) is 0. The molecule has 0 rings (SSSR count). The maximum absolute atomic E-state index is 5.01. The highest BCUT2D eigenvalue weighted by Crippen LogP contribution is 1.51. The summed E-state index contributed by atoms with van der Waals surface area (Å²) in [7, 11) is 1.63. The molecule has 0 saturated carbocycles. The van der Waals surface area contributed by atoms with Crippen molar-refractivity contribution in [1.82, 2.24) is 0 Å². The quantitative estimate of drug-likeness (QED) is 0.404. The van der Waals surface area contributed by atoms with Gasteiger partial charge >= 0.3 is 0 Å². The first-order valence-corrected chi connectivity index (χ1v) is 1.61. The molecular formula is C2H8BNO. The van der Waals surface area contributed by atoms with Crippen LogP contribution >= 0.6 is 0 Å². The molecule has 3 heteroatoms. The van der Waals surface area contributed by atoms with Crippen molar-refractivity contribution in [2.75, 3.05) is 13.2 Å². The van der Waals surface area contributed by atoms with E-state index in [0.717, 1.165) is 0 Å². The molecule has 0 aromatic rings. The van der Waals surface area contributed by atoms with Crippen molar-refractivity contribution in [3.05, 3.63) is 0 Å². The lowest BCUT2D eigenvalue weighted by Gasteiger charge is -1.85. The average Bonchev–Trinajstić information content (AvgIpc) is 1.41. The van der Waals surface area contributed by atoms with E-state index in [1.54, 1.807) is 8.05 Å². The third kappa shape index (κ3) is 3.98. The fraction of sp³-hybridized carbons (Fsp3) is 1.00. The van der Waals surface area contributed by atoms with Gasteiger partial charge < -0.3 is 10.4 Å². The second-order valence-electron chi connectivity index (χ2n) is 0.781. The Kier molecular flexibility index (Phi) is 3.97. The number of rotatable bonds is 2. The number of hydrogen-bond acceptors (Lipinski definition) is 2. The summed E-state index contributed by atoms with van der Waals surface area (Å²) < 4.78 is 4.57. The van der Waals surface area contributed by atoms with Crippen LogP contribution in [0.5, 0.6) is 0 Å². The molecule has 0 atom stereocenters. The predicted octanol–water partition coefficient (Wildman–Crippen LogP) is -1.49. The van der Waals surface area contributed by atoms with Gasteiger partial charge in [-0.1, -0.05) is 0 Å². The molecule has 0 aliphatic heterocycles. The van der Waals surface area contributed by atoms with Gasteiger partial charge in [-0.25, -0.2) is 0 Å². The van der Waals surface area contributed by atoms with Crippen molar-refractivity contribution in [3.8, 4) is 0 Å². The van der Waals surface area contributed by atoms with E-state index < -0.39 is 0 Å². The largest absolute Gasteiger partial charge is 0.443 e. The summed E-state index contributed by atoms with van der Waals surface area (Å²) >= 11 is 0. The molecular weight excluding hydrogens is 64.8 g/mol. The molecule has 0 amide bonds. The summed E-state index contributed by atoms with van der Waals surface area (Å²) in [6.45, 7) is 1.29. The van der Waals surface area contributed by atoms with Crippen molar-refractivity contribution >= 4 is 8.05 Å². The maximum atomic E-state index is 5.01. The Hall–Kier alpha value is -0.0151. The predicted molar refractivity (Wildman–Crippen MR) is 23.6 cm³/mol. The van der Waals surface area contributed by atoms with Crippen molar-refractivity contribution in [2.24, 2.45) is 5.73 Å². The number of hydrogen-bond donors (Lipinski definition) is 1. The molecule has 2 nitrogen and oxygen atoms in total. The third-order valence-electron chi connectivity index (χ3n) is 0.322. The topological polar surface area (TPSA) is 35.2 Å². The average molecular weight is 72.9 g/mol. The van der Waals surface area contributed by atoms with E-state index in [1.165, 1.54) is 0 Å². The van der Waals surface area contributed by atoms with Gasteiger partial charge in [0.25, 0.3) is 8.05 Å². The van der Waals surface area contributed by atoms with Crippen LogP contribution < -0.4 is 5.73 Å². The molecule has 5 heavy (non-hydrogen) atoms. The molecule has 30 valence electrons. The van der Waals surface area contributed by atoms with Crippen LogP contribution in [0.4, 0.5) is 0 Å². The molecule has 2 N–H and O–H groups in total. The molecule has 0 bridgehead atoms. The van der Waals surface area contributed by atoms with Gasteiger partial charge in [0.15, 0.2) is 0 Å². The molecule has 0 fully saturated rings. The summed E-state index contributed by atoms with van der Waals surface area (Å²) in [5, 5.41) is 0. The van der Waals surface area contributed by atoms with Crippen molar-refractivity contribution < 1.29 is 4.65 Å². The van der Waals surface area contributed by atoms with Gasteiger partial charge in [0.1, 0.15) is 0 Å². The van der Waals surface area contributed by atoms with Crippen LogP contribution in [-0.4, -0.2) is 21.2 Å². The van der Waals surface area contributed by atoms with Crippen LogP contribution in [0.15, 0.2) is 0 Å². The van der Waals surface area contributed by atoms with Gasteiger partial charge in [-0.05, 0) is 0 Å². The van der Waals surface area contributed by atoms with E-state index in [0.29, 0.717) is 13.2 Å². The molecule has 0 saturated heterocycles. The highest BCUT2D eigenvalue weighted by Gasteiger charge is 1.65. The summed E-state index contributed by atoms with van der Waals surface area (Å²) in [6.07, 6.45) is 0. The van der Waals surface area contributed by atoms with Crippen LogP contribution in [0, 0.1) is 0 Å². The van der Waals surface area contributed by atoms with Gasteiger partial charge in [0.05, 0.1) is 0 Å². The highest BCUT2D eigenvalue weighted by molar-refractivity contribution is 5.97. The molecule has 0 aliphatic carbocycles. The summed E-state index contributed by atoms with van der Waals surface area (Å²) in [5.41, 5.74) is 5.01. The van der Waals surface area contributed by atoms with E-state index in [2.05, 4.69) is 4.65 Å². The zero-order chi connectivity index (χ0) is 4.12. The van der Waals surface area contributed by atoms with Crippen LogP contribution in [0.2, 0.25) is 0 Å². The van der Waals surface area contributed by atoms with Crippen molar-refractivity contribution in [2.45, 2.75) is 0 Å². The Labute approximate surface area is 32.7 Å². The fourth-order valence-electron chi connectivity index (χ4n) is 0.118. The van der Waals surface area contributed by atoms with E-state index in [4.69, 9.17) is 5.73 Å². The molecule has 0 spiro atoms. The normalized spacial score (nSPS) is 8.20. The maximum Gasteiger partial charge on any atom is 0.257 e. The summed E-state index contributed by atoms with van der Waals surface area (Å²) in [5.74, 6) is 0. The van der Waals surface area contributed by atoms with Crippen LogP contribution in [-0.2, 0) is 4.65 Å². The summed E-state index contributed by atoms with van der Waals surface area (Å²) in [6, 6.07) is 0. The zero-order valence-electron chi connectivity index (χ0n) is 3.40. The van der Waals surface area contributed by atoms with Crippen molar-refractivity contribution in [3.63, 3.8) is 0 Å². The standard InChI is InChI=1S/C2H8BNO/c3-5-2-1-4/h1-4H2. The van der Waals surface area contributed by atoms with Gasteiger partial charge in [-0.15, -0.1) is 0 Å².